The molecule has 3 unspecified atom stereocenters. The first kappa shape index (κ1) is 26.3. The third-order valence-electron chi connectivity index (χ3n) is 8.24. The van der Waals surface area contributed by atoms with Crippen LogP contribution in [0.5, 0.6) is 5.75 Å². The molecule has 6 rings (SSSR count). The average Bonchev–Trinajstić information content (AvgIpc) is 3.23. The summed E-state index contributed by atoms with van der Waals surface area (Å²) in [6.07, 6.45) is -4.32. The molecule has 1 aliphatic carbocycles. The van der Waals surface area contributed by atoms with Crippen molar-refractivity contribution in [2.75, 3.05) is 14.1 Å². The molecule has 1 spiro atoms. The topological polar surface area (TPSA) is 138 Å². The number of esters is 1. The van der Waals surface area contributed by atoms with Gasteiger partial charge >= 0.3 is 5.97 Å². The number of ether oxygens (including phenoxy) is 5. The van der Waals surface area contributed by atoms with Crippen LogP contribution in [0.3, 0.4) is 0 Å². The lowest BCUT2D eigenvalue weighted by atomic mass is 9.73. The largest absolute Gasteiger partial charge is 0.507 e. The summed E-state index contributed by atoms with van der Waals surface area (Å²) >= 11 is 0. The van der Waals surface area contributed by atoms with E-state index in [4.69, 9.17) is 23.7 Å². The van der Waals surface area contributed by atoms with E-state index in [2.05, 4.69) is 4.90 Å². The molecule has 0 aromatic heterocycles. The smallest absolute Gasteiger partial charge is 0.309 e. The fourth-order valence-electron chi connectivity index (χ4n) is 6.58. The maximum Gasteiger partial charge on any atom is 0.309 e. The number of rotatable bonds is 3. The average molecular weight is 542 g/mol. The van der Waals surface area contributed by atoms with Gasteiger partial charge in [0.05, 0.1) is 35.3 Å². The molecule has 8 atom stereocenters. The molecule has 1 aromatic rings. The molecule has 0 radical (unpaired) electrons. The Kier molecular flexibility index (Phi) is 6.27. The number of carbonyl (C=O) groups excluding carboxylic acids is 4. The zero-order valence-corrected chi connectivity index (χ0v) is 22.2. The highest BCUT2D eigenvalue weighted by molar-refractivity contribution is 6.29. The Morgan fingerprint density at radius 3 is 2.51 bits per heavy atom. The van der Waals surface area contributed by atoms with Crippen molar-refractivity contribution in [3.63, 3.8) is 0 Å². The second kappa shape index (κ2) is 9.31. The van der Waals surface area contributed by atoms with E-state index >= 15 is 0 Å². The molecule has 1 N–H and O–H groups in total. The summed E-state index contributed by atoms with van der Waals surface area (Å²) in [5.41, 5.74) is -0.639. The van der Waals surface area contributed by atoms with E-state index in [1.165, 1.54) is 18.2 Å². The van der Waals surface area contributed by atoms with Gasteiger partial charge in [-0.05, 0) is 40.4 Å². The van der Waals surface area contributed by atoms with Gasteiger partial charge in [0, 0.05) is 24.4 Å². The molecule has 11 nitrogen and oxygen atoms in total. The van der Waals surface area contributed by atoms with Crippen molar-refractivity contribution < 1.29 is 48.0 Å². The quantitative estimate of drug-likeness (QED) is 0.560. The molecule has 0 bridgehead atoms. The van der Waals surface area contributed by atoms with E-state index in [0.29, 0.717) is 6.42 Å². The normalized spacial score (nSPS) is 38.1. The van der Waals surface area contributed by atoms with Crippen LogP contribution in [-0.4, -0.2) is 96.1 Å². The molecule has 4 heterocycles. The summed E-state index contributed by atoms with van der Waals surface area (Å²) in [7, 11) is 3.93. The van der Waals surface area contributed by atoms with Crippen LogP contribution in [0, 0.1) is 0 Å². The van der Waals surface area contributed by atoms with E-state index in [1.54, 1.807) is 6.92 Å². The second-order valence-electron chi connectivity index (χ2n) is 11.1. The predicted molar refractivity (Wildman–Crippen MR) is 132 cm³/mol. The summed E-state index contributed by atoms with van der Waals surface area (Å²) in [5, 5.41) is 10.6. The maximum absolute atomic E-state index is 14.1. The lowest BCUT2D eigenvalue weighted by Gasteiger charge is -2.51. The van der Waals surface area contributed by atoms with Gasteiger partial charge in [-0.2, -0.15) is 0 Å². The third-order valence-corrected chi connectivity index (χ3v) is 8.24. The number of carbonyl (C=O) groups is 4. The van der Waals surface area contributed by atoms with Crippen molar-refractivity contribution in [1.82, 2.24) is 4.90 Å². The van der Waals surface area contributed by atoms with Gasteiger partial charge in [-0.1, -0.05) is 12.1 Å². The molecule has 5 aliphatic rings. The number of hydrogen-bond donors (Lipinski definition) is 1. The van der Waals surface area contributed by atoms with Crippen molar-refractivity contribution in [2.45, 2.75) is 88.2 Å². The minimum atomic E-state index is -2.14. The SMILES string of the molecule is CC1OC(O[C@@H]2C(=O)C[C@@H](C)O[C@@]23O[C@@H]2CC(=O)O[C@@H]2C2=C3C(=O)c3c(O)cccc3C2=O)CCC1N(C)C. The Labute approximate surface area is 225 Å². The van der Waals surface area contributed by atoms with E-state index in [9.17, 15) is 24.3 Å². The molecule has 11 heteroatoms. The Bertz CT molecular complexity index is 1300. The number of nitrogens with zero attached hydrogens (tertiary/aromatic N) is 1. The molecule has 4 aliphatic heterocycles. The molecule has 0 amide bonds. The molecule has 0 saturated carbocycles. The number of aromatic hydroxyl groups is 1. The van der Waals surface area contributed by atoms with E-state index in [1.807, 2.05) is 21.0 Å². The van der Waals surface area contributed by atoms with Crippen LogP contribution < -0.4 is 0 Å². The molecular formula is C28H31NO10. The van der Waals surface area contributed by atoms with Crippen LogP contribution in [0.25, 0.3) is 0 Å². The highest BCUT2D eigenvalue weighted by Gasteiger charge is 2.65. The van der Waals surface area contributed by atoms with Crippen molar-refractivity contribution >= 4 is 23.3 Å². The first-order valence-corrected chi connectivity index (χ1v) is 13.2. The molecular weight excluding hydrogens is 510 g/mol. The van der Waals surface area contributed by atoms with Crippen molar-refractivity contribution in [3.05, 3.63) is 40.5 Å². The number of Topliss-reactive ketones (excluding diaryl/α,β-unsaturated/α-hetero) is 3. The zero-order chi connectivity index (χ0) is 27.8. The number of benzene rings is 1. The van der Waals surface area contributed by atoms with Gasteiger partial charge in [0.15, 0.2) is 35.8 Å². The lowest BCUT2D eigenvalue weighted by molar-refractivity contribution is -0.337. The predicted octanol–water partition coefficient (Wildman–Crippen LogP) is 1.70. The summed E-state index contributed by atoms with van der Waals surface area (Å²) < 4.78 is 30.5. The number of likely N-dealkylation sites (N-methyl/N-ethyl adjacent to an activating group) is 1. The van der Waals surface area contributed by atoms with Gasteiger partial charge < -0.3 is 33.7 Å². The first-order chi connectivity index (χ1) is 18.5. The van der Waals surface area contributed by atoms with Crippen LogP contribution in [-0.2, 0) is 33.3 Å². The Balaban J connectivity index is 1.48. The van der Waals surface area contributed by atoms with Gasteiger partial charge in [-0.25, -0.2) is 0 Å². The standard InChI is InChI=1S/C28H31NO10/c1-12-10-17(31)27(37-20-9-8-15(29(3)4)13(2)35-20)28(38-12)23-22(26-18(39-28)11-19(32)36-26)24(33)14-6-5-7-16(30)21(14)25(23)34/h5-7,12-13,15,18,20,26-27,30H,8-11H2,1-4H3/t12-,13?,15?,18-,20?,26+,27-,28+/m1/s1. The lowest BCUT2D eigenvalue weighted by Crippen LogP contribution is -2.66. The fourth-order valence-corrected chi connectivity index (χ4v) is 6.58. The zero-order valence-electron chi connectivity index (χ0n) is 22.2. The molecule has 39 heavy (non-hydrogen) atoms. The highest BCUT2D eigenvalue weighted by Crippen LogP contribution is 2.51. The summed E-state index contributed by atoms with van der Waals surface area (Å²) in [4.78, 5) is 56.0. The monoisotopic (exact) mass is 541 g/mol. The van der Waals surface area contributed by atoms with Gasteiger partial charge in [0.2, 0.25) is 5.79 Å². The van der Waals surface area contributed by atoms with Crippen LogP contribution in [0.15, 0.2) is 29.3 Å². The molecule has 208 valence electrons. The number of phenols is 1. The van der Waals surface area contributed by atoms with Crippen molar-refractivity contribution in [1.29, 1.82) is 0 Å². The minimum absolute atomic E-state index is 0.0194. The first-order valence-electron chi connectivity index (χ1n) is 13.2. The molecule has 3 fully saturated rings. The van der Waals surface area contributed by atoms with Gasteiger partial charge in [-0.15, -0.1) is 0 Å². The number of phenolic OH excluding ortho intramolecular Hbond substituents is 1. The van der Waals surface area contributed by atoms with Crippen LogP contribution >= 0.6 is 0 Å². The van der Waals surface area contributed by atoms with Crippen LogP contribution in [0.1, 0.15) is 60.2 Å². The molecule has 1 aromatic carbocycles. The van der Waals surface area contributed by atoms with Gasteiger partial charge in [-0.3, -0.25) is 19.2 Å². The summed E-state index contributed by atoms with van der Waals surface area (Å²) in [6.45, 7) is 3.58. The van der Waals surface area contributed by atoms with E-state index in [-0.39, 0.29) is 47.3 Å². The fraction of sp³-hybridized carbons (Fsp3) is 0.571. The van der Waals surface area contributed by atoms with E-state index in [0.717, 1.165) is 6.42 Å². The van der Waals surface area contributed by atoms with E-state index < -0.39 is 65.6 Å². The Morgan fingerprint density at radius 2 is 1.79 bits per heavy atom. The number of ketones is 3. The van der Waals surface area contributed by atoms with Gasteiger partial charge in [0.25, 0.3) is 0 Å². The maximum atomic E-state index is 14.1. The minimum Gasteiger partial charge on any atom is -0.507 e. The number of hydrogen-bond acceptors (Lipinski definition) is 11. The summed E-state index contributed by atoms with van der Waals surface area (Å²) in [5.74, 6) is -4.89. The van der Waals surface area contributed by atoms with Crippen molar-refractivity contribution in [3.8, 4) is 5.75 Å². The Hall–Kier alpha value is -2.96. The van der Waals surface area contributed by atoms with Gasteiger partial charge in [0.1, 0.15) is 11.9 Å². The summed E-state index contributed by atoms with van der Waals surface area (Å²) in [6, 6.07) is 4.33. The highest BCUT2D eigenvalue weighted by atomic mass is 16.8. The van der Waals surface area contributed by atoms with Crippen LogP contribution in [0.4, 0.5) is 0 Å². The molecule has 3 saturated heterocycles. The van der Waals surface area contributed by atoms with Crippen molar-refractivity contribution in [2.24, 2.45) is 0 Å². The Morgan fingerprint density at radius 1 is 1.03 bits per heavy atom. The third kappa shape index (κ3) is 3.98. The number of fused-ring (bicyclic) bond motifs is 4. The second-order valence-corrected chi connectivity index (χ2v) is 11.1. The van der Waals surface area contributed by atoms with Crippen LogP contribution in [0.2, 0.25) is 0 Å².